The predicted octanol–water partition coefficient (Wildman–Crippen LogP) is 2.66. The van der Waals surface area contributed by atoms with E-state index in [1.165, 1.54) is 16.2 Å². The van der Waals surface area contributed by atoms with Crippen LogP contribution in [0, 0.1) is 0 Å². The summed E-state index contributed by atoms with van der Waals surface area (Å²) in [6.07, 6.45) is 7.12. The highest BCUT2D eigenvalue weighted by molar-refractivity contribution is 7.11. The van der Waals surface area contributed by atoms with Crippen molar-refractivity contribution >= 4 is 42.1 Å². The van der Waals surface area contributed by atoms with Gasteiger partial charge in [0.1, 0.15) is 0 Å². The molecule has 0 aliphatic carbocycles. The summed E-state index contributed by atoms with van der Waals surface area (Å²) in [6, 6.07) is 4.47. The van der Waals surface area contributed by atoms with E-state index in [2.05, 4.69) is 17.4 Å². The molecular weight excluding hydrogens is 341 g/mol. The van der Waals surface area contributed by atoms with Crippen molar-refractivity contribution in [3.8, 4) is 0 Å². The molecule has 4 nitrogen and oxygen atoms in total. The zero-order valence-electron chi connectivity index (χ0n) is 13.0. The van der Waals surface area contributed by atoms with Crippen LogP contribution in [0.5, 0.6) is 0 Å². The Morgan fingerprint density at radius 1 is 0.955 bits per heavy atom. The number of carbonyl (C=O) groups is 1. The molecule has 1 aromatic heterocycles. The fraction of sp³-hybridized carbons (Fsp3) is 0.667. The number of nitrogens with two attached hydrogens (primary N) is 2. The van der Waals surface area contributed by atoms with Crippen molar-refractivity contribution in [2.45, 2.75) is 44.9 Å². The Morgan fingerprint density at radius 2 is 1.55 bits per heavy atom. The molecule has 1 heterocycles. The maximum atomic E-state index is 11.2. The number of thiophene rings is 1. The number of nitrogens with one attached hydrogen (secondary N) is 1. The van der Waals surface area contributed by atoms with Gasteiger partial charge < -0.3 is 16.8 Å². The maximum Gasteiger partial charge on any atom is 0.221 e. The van der Waals surface area contributed by atoms with Gasteiger partial charge in [0.05, 0.1) is 0 Å². The van der Waals surface area contributed by atoms with Crippen LogP contribution in [0.25, 0.3) is 0 Å². The van der Waals surface area contributed by atoms with E-state index in [0.717, 1.165) is 45.2 Å². The van der Waals surface area contributed by atoms with Gasteiger partial charge in [-0.25, -0.2) is 0 Å². The van der Waals surface area contributed by atoms with Crippen molar-refractivity contribution in [1.29, 1.82) is 0 Å². The molecule has 0 fully saturated rings. The summed E-state index contributed by atoms with van der Waals surface area (Å²) in [6.45, 7) is 1.97. The van der Waals surface area contributed by atoms with Gasteiger partial charge in [0.15, 0.2) is 0 Å². The van der Waals surface area contributed by atoms with Gasteiger partial charge in [-0.1, -0.05) is 0 Å². The second kappa shape index (κ2) is 15.6. The minimum absolute atomic E-state index is 0. The fourth-order valence-electron chi connectivity index (χ4n) is 2.01. The third-order valence-corrected chi connectivity index (χ3v) is 4.34. The summed E-state index contributed by atoms with van der Waals surface area (Å²) in [4.78, 5) is 14.1. The normalized spacial score (nSPS) is 9.73. The molecule has 0 radical (unpaired) electrons. The smallest absolute Gasteiger partial charge is 0.221 e. The molecule has 130 valence electrons. The van der Waals surface area contributed by atoms with Gasteiger partial charge in [0.2, 0.25) is 5.91 Å². The van der Waals surface area contributed by atoms with Gasteiger partial charge in [-0.2, -0.15) is 0 Å². The highest BCUT2D eigenvalue weighted by Gasteiger charge is 2.01. The van der Waals surface area contributed by atoms with Crippen LogP contribution in [-0.4, -0.2) is 25.5 Å². The van der Waals surface area contributed by atoms with E-state index in [9.17, 15) is 4.79 Å². The average Bonchev–Trinajstić information content (AvgIpc) is 2.87. The lowest BCUT2D eigenvalue weighted by Gasteiger charge is -2.03. The van der Waals surface area contributed by atoms with Crippen molar-refractivity contribution in [3.05, 3.63) is 21.9 Å². The summed E-state index contributed by atoms with van der Waals surface area (Å²) >= 11 is 1.91. The third-order valence-electron chi connectivity index (χ3n) is 3.14. The van der Waals surface area contributed by atoms with Crippen LogP contribution in [0.1, 0.15) is 41.9 Å². The van der Waals surface area contributed by atoms with Gasteiger partial charge in [0, 0.05) is 29.3 Å². The Bertz CT molecular complexity index is 389. The van der Waals surface area contributed by atoms with E-state index in [-0.39, 0.29) is 30.7 Å². The topological polar surface area (TPSA) is 81.1 Å². The van der Waals surface area contributed by atoms with Crippen molar-refractivity contribution in [1.82, 2.24) is 5.32 Å². The standard InChI is InChI=1S/C15H27N3OS.2ClH/c16-10-3-1-5-13-7-8-14(20-13)6-2-4-12-18-15(19)9-11-17;;/h7-8H,1-6,9-12,16-17H2,(H,18,19);2*1H. The van der Waals surface area contributed by atoms with E-state index < -0.39 is 0 Å². The third kappa shape index (κ3) is 11.3. The number of hydrogen-bond donors (Lipinski definition) is 3. The highest BCUT2D eigenvalue weighted by Crippen LogP contribution is 2.20. The Hall–Kier alpha value is -0.330. The molecule has 0 aliphatic rings. The molecule has 0 spiro atoms. The van der Waals surface area contributed by atoms with Crippen molar-refractivity contribution in [3.63, 3.8) is 0 Å². The molecule has 0 aromatic carbocycles. The fourth-order valence-corrected chi connectivity index (χ4v) is 3.11. The molecule has 5 N–H and O–H groups in total. The SMILES string of the molecule is Cl.Cl.NCCCCc1ccc(CCCCNC(=O)CCN)s1. The summed E-state index contributed by atoms with van der Waals surface area (Å²) in [5, 5.41) is 2.88. The first-order valence-corrected chi connectivity index (χ1v) is 8.32. The lowest BCUT2D eigenvalue weighted by molar-refractivity contribution is -0.120. The molecule has 1 rings (SSSR count). The van der Waals surface area contributed by atoms with E-state index >= 15 is 0 Å². The van der Waals surface area contributed by atoms with Crippen LogP contribution < -0.4 is 16.8 Å². The average molecular weight is 370 g/mol. The van der Waals surface area contributed by atoms with E-state index in [0.29, 0.717) is 13.0 Å². The minimum atomic E-state index is 0. The van der Waals surface area contributed by atoms with Crippen LogP contribution in [0.15, 0.2) is 12.1 Å². The number of halogens is 2. The van der Waals surface area contributed by atoms with Gasteiger partial charge in [-0.15, -0.1) is 36.2 Å². The predicted molar refractivity (Wildman–Crippen MR) is 100 cm³/mol. The second-order valence-electron chi connectivity index (χ2n) is 4.96. The van der Waals surface area contributed by atoms with E-state index in [1.807, 2.05) is 11.3 Å². The van der Waals surface area contributed by atoms with Gasteiger partial charge in [-0.05, 0) is 57.2 Å². The first-order chi connectivity index (χ1) is 9.76. The monoisotopic (exact) mass is 369 g/mol. The molecule has 0 saturated heterocycles. The molecule has 22 heavy (non-hydrogen) atoms. The zero-order chi connectivity index (χ0) is 14.6. The quantitative estimate of drug-likeness (QED) is 0.524. The molecule has 0 saturated carbocycles. The van der Waals surface area contributed by atoms with Crippen molar-refractivity contribution < 1.29 is 4.79 Å². The first-order valence-electron chi connectivity index (χ1n) is 7.50. The number of rotatable bonds is 11. The molecular formula is C15H29Cl2N3OS. The number of amides is 1. The highest BCUT2D eigenvalue weighted by atomic mass is 35.5. The lowest BCUT2D eigenvalue weighted by Crippen LogP contribution is -2.26. The Balaban J connectivity index is 0. The van der Waals surface area contributed by atoms with Crippen LogP contribution >= 0.6 is 36.2 Å². The summed E-state index contributed by atoms with van der Waals surface area (Å²) < 4.78 is 0. The molecule has 1 aromatic rings. The van der Waals surface area contributed by atoms with Crippen molar-refractivity contribution in [2.24, 2.45) is 11.5 Å². The second-order valence-corrected chi connectivity index (χ2v) is 6.21. The number of unbranched alkanes of at least 4 members (excludes halogenated alkanes) is 2. The van der Waals surface area contributed by atoms with Crippen LogP contribution in [0.2, 0.25) is 0 Å². The van der Waals surface area contributed by atoms with E-state index in [4.69, 9.17) is 11.5 Å². The van der Waals surface area contributed by atoms with Crippen LogP contribution in [0.3, 0.4) is 0 Å². The molecule has 0 atom stereocenters. The summed E-state index contributed by atoms with van der Waals surface area (Å²) in [7, 11) is 0. The summed E-state index contributed by atoms with van der Waals surface area (Å²) in [5.41, 5.74) is 10.8. The Morgan fingerprint density at radius 3 is 2.09 bits per heavy atom. The minimum Gasteiger partial charge on any atom is -0.356 e. The largest absolute Gasteiger partial charge is 0.356 e. The maximum absolute atomic E-state index is 11.2. The first kappa shape index (κ1) is 23.9. The molecule has 0 unspecified atom stereocenters. The lowest BCUT2D eigenvalue weighted by atomic mass is 10.2. The van der Waals surface area contributed by atoms with Gasteiger partial charge in [-0.3, -0.25) is 4.79 Å². The number of carbonyl (C=O) groups excluding carboxylic acids is 1. The summed E-state index contributed by atoms with van der Waals surface area (Å²) in [5.74, 6) is 0.0609. The van der Waals surface area contributed by atoms with Crippen LogP contribution in [0.4, 0.5) is 0 Å². The zero-order valence-corrected chi connectivity index (χ0v) is 15.5. The van der Waals surface area contributed by atoms with Crippen LogP contribution in [-0.2, 0) is 17.6 Å². The number of hydrogen-bond acceptors (Lipinski definition) is 4. The van der Waals surface area contributed by atoms with Gasteiger partial charge >= 0.3 is 0 Å². The van der Waals surface area contributed by atoms with Gasteiger partial charge in [0.25, 0.3) is 0 Å². The van der Waals surface area contributed by atoms with E-state index in [1.54, 1.807) is 0 Å². The molecule has 0 bridgehead atoms. The number of aryl methyl sites for hydroxylation is 2. The van der Waals surface area contributed by atoms with Crippen molar-refractivity contribution in [2.75, 3.05) is 19.6 Å². The molecule has 1 amide bonds. The molecule has 0 aliphatic heterocycles. The Kier molecular flexibility index (Phi) is 16.9. The molecule has 7 heteroatoms. The Labute approximate surface area is 150 Å².